The molecule has 0 unspecified atom stereocenters. The number of aryl methyl sites for hydroxylation is 1. The van der Waals surface area contributed by atoms with Crippen molar-refractivity contribution in [3.05, 3.63) is 23.5 Å². The average molecular weight is 164 g/mol. The topological polar surface area (TPSA) is 34.2 Å². The van der Waals surface area contributed by atoms with E-state index in [-0.39, 0.29) is 0 Å². The van der Waals surface area contributed by atoms with Crippen molar-refractivity contribution in [2.75, 3.05) is 18.5 Å². The number of nitrogens with zero attached hydrogens (tertiary/aromatic N) is 1. The molecule has 0 fully saturated rings. The molecule has 0 aromatic carbocycles. The monoisotopic (exact) mass is 164 g/mol. The molecule has 3 nitrogen and oxygen atoms in total. The second kappa shape index (κ2) is 3.11. The fourth-order valence-corrected chi connectivity index (χ4v) is 1.29. The van der Waals surface area contributed by atoms with Crippen LogP contribution in [-0.2, 0) is 11.3 Å². The molecule has 0 radical (unpaired) electrons. The first-order valence-electron chi connectivity index (χ1n) is 4.13. The third-order valence-electron chi connectivity index (χ3n) is 1.91. The molecule has 0 spiro atoms. The van der Waals surface area contributed by atoms with Gasteiger partial charge in [0.25, 0.3) is 0 Å². The van der Waals surface area contributed by atoms with Gasteiger partial charge >= 0.3 is 0 Å². The standard InChI is InChI=1S/C9H12N2O/c1-7-4-8-9(11-5-7)6-12-3-2-10-8/h4-5,10H,2-3,6H2,1H3. The van der Waals surface area contributed by atoms with Gasteiger partial charge in [-0.25, -0.2) is 0 Å². The predicted octanol–water partition coefficient (Wildman–Crippen LogP) is 1.33. The molecule has 1 aromatic rings. The van der Waals surface area contributed by atoms with Crippen LogP contribution in [0.1, 0.15) is 11.3 Å². The average Bonchev–Trinajstić information content (AvgIpc) is 2.28. The molecule has 0 saturated heterocycles. The third-order valence-corrected chi connectivity index (χ3v) is 1.91. The van der Waals surface area contributed by atoms with E-state index in [0.717, 1.165) is 24.5 Å². The van der Waals surface area contributed by atoms with Gasteiger partial charge in [-0.15, -0.1) is 0 Å². The van der Waals surface area contributed by atoms with Crippen molar-refractivity contribution in [1.82, 2.24) is 4.98 Å². The normalized spacial score (nSPS) is 16.1. The highest BCUT2D eigenvalue weighted by atomic mass is 16.5. The van der Waals surface area contributed by atoms with Crippen LogP contribution in [0.15, 0.2) is 12.3 Å². The highest BCUT2D eigenvalue weighted by Gasteiger charge is 2.07. The molecule has 0 aliphatic carbocycles. The van der Waals surface area contributed by atoms with Crippen molar-refractivity contribution >= 4 is 5.69 Å². The fourth-order valence-electron chi connectivity index (χ4n) is 1.29. The maximum absolute atomic E-state index is 5.34. The molecular formula is C9H12N2O. The number of anilines is 1. The molecule has 0 amide bonds. The molecule has 2 rings (SSSR count). The summed E-state index contributed by atoms with van der Waals surface area (Å²) in [6.45, 7) is 4.30. The van der Waals surface area contributed by atoms with Gasteiger partial charge in [-0.1, -0.05) is 0 Å². The van der Waals surface area contributed by atoms with E-state index in [4.69, 9.17) is 4.74 Å². The quantitative estimate of drug-likeness (QED) is 0.628. The summed E-state index contributed by atoms with van der Waals surface area (Å²) in [5.74, 6) is 0. The van der Waals surface area contributed by atoms with Gasteiger partial charge in [0, 0.05) is 12.7 Å². The molecule has 64 valence electrons. The minimum Gasteiger partial charge on any atom is -0.381 e. The molecule has 12 heavy (non-hydrogen) atoms. The lowest BCUT2D eigenvalue weighted by Crippen LogP contribution is -2.04. The van der Waals surface area contributed by atoms with E-state index in [9.17, 15) is 0 Å². The van der Waals surface area contributed by atoms with Gasteiger partial charge in [-0.05, 0) is 18.6 Å². The maximum atomic E-state index is 5.34. The van der Waals surface area contributed by atoms with Crippen LogP contribution in [0.2, 0.25) is 0 Å². The molecule has 1 aliphatic heterocycles. The summed E-state index contributed by atoms with van der Waals surface area (Å²) in [5, 5.41) is 3.28. The molecule has 2 heterocycles. The molecule has 0 saturated carbocycles. The van der Waals surface area contributed by atoms with Gasteiger partial charge in [0.15, 0.2) is 0 Å². The Morgan fingerprint density at radius 1 is 1.58 bits per heavy atom. The van der Waals surface area contributed by atoms with Crippen LogP contribution in [0.25, 0.3) is 0 Å². The smallest absolute Gasteiger partial charge is 0.0909 e. The van der Waals surface area contributed by atoms with Gasteiger partial charge in [0.2, 0.25) is 0 Å². The highest BCUT2D eigenvalue weighted by Crippen LogP contribution is 2.17. The number of fused-ring (bicyclic) bond motifs is 1. The lowest BCUT2D eigenvalue weighted by molar-refractivity contribution is 0.132. The summed E-state index contributed by atoms with van der Waals surface area (Å²) in [7, 11) is 0. The van der Waals surface area contributed by atoms with E-state index >= 15 is 0 Å². The zero-order valence-corrected chi connectivity index (χ0v) is 7.13. The predicted molar refractivity (Wildman–Crippen MR) is 47.1 cm³/mol. The van der Waals surface area contributed by atoms with E-state index < -0.39 is 0 Å². The summed E-state index contributed by atoms with van der Waals surface area (Å²) in [4.78, 5) is 4.29. The van der Waals surface area contributed by atoms with Crippen LogP contribution in [0, 0.1) is 6.92 Å². The zero-order valence-electron chi connectivity index (χ0n) is 7.13. The Hall–Kier alpha value is -1.09. The SMILES string of the molecule is Cc1cnc2c(c1)NCCOC2. The van der Waals surface area contributed by atoms with Crippen molar-refractivity contribution in [1.29, 1.82) is 0 Å². The van der Waals surface area contributed by atoms with Crippen LogP contribution in [0.3, 0.4) is 0 Å². The number of nitrogens with one attached hydrogen (secondary N) is 1. The summed E-state index contributed by atoms with van der Waals surface area (Å²) >= 11 is 0. The van der Waals surface area contributed by atoms with Crippen molar-refractivity contribution < 1.29 is 4.74 Å². The summed E-state index contributed by atoms with van der Waals surface area (Å²) in [6, 6.07) is 2.11. The first-order valence-corrected chi connectivity index (χ1v) is 4.13. The Balaban J connectivity index is 2.36. The van der Waals surface area contributed by atoms with E-state index in [0.29, 0.717) is 6.61 Å². The van der Waals surface area contributed by atoms with Crippen molar-refractivity contribution in [3.8, 4) is 0 Å². The van der Waals surface area contributed by atoms with E-state index in [2.05, 4.69) is 16.4 Å². The highest BCUT2D eigenvalue weighted by molar-refractivity contribution is 5.49. The Morgan fingerprint density at radius 2 is 2.50 bits per heavy atom. The van der Waals surface area contributed by atoms with Crippen molar-refractivity contribution in [2.45, 2.75) is 13.5 Å². The molecule has 3 heteroatoms. The van der Waals surface area contributed by atoms with Crippen molar-refractivity contribution in [2.24, 2.45) is 0 Å². The van der Waals surface area contributed by atoms with Crippen molar-refractivity contribution in [3.63, 3.8) is 0 Å². The molecule has 1 aliphatic rings. The molecule has 0 atom stereocenters. The molecule has 1 N–H and O–H groups in total. The minimum absolute atomic E-state index is 0.628. The maximum Gasteiger partial charge on any atom is 0.0909 e. The van der Waals surface area contributed by atoms with Crippen LogP contribution >= 0.6 is 0 Å². The lowest BCUT2D eigenvalue weighted by atomic mass is 10.2. The lowest BCUT2D eigenvalue weighted by Gasteiger charge is -2.05. The first kappa shape index (κ1) is 7.55. The number of rotatable bonds is 0. The van der Waals surface area contributed by atoms with E-state index in [1.54, 1.807) is 0 Å². The third kappa shape index (κ3) is 1.41. The van der Waals surface area contributed by atoms with Crippen LogP contribution in [0.5, 0.6) is 0 Å². The van der Waals surface area contributed by atoms with Gasteiger partial charge in [-0.2, -0.15) is 0 Å². The summed E-state index contributed by atoms with van der Waals surface area (Å²) in [6.07, 6.45) is 1.87. The van der Waals surface area contributed by atoms with Gasteiger partial charge in [0.1, 0.15) is 0 Å². The Kier molecular flexibility index (Phi) is 1.96. The Bertz CT molecular complexity index is 286. The first-order chi connectivity index (χ1) is 5.86. The van der Waals surface area contributed by atoms with E-state index in [1.807, 2.05) is 13.1 Å². The number of hydrogen-bond donors (Lipinski definition) is 1. The summed E-state index contributed by atoms with van der Waals surface area (Å²) < 4.78 is 5.34. The number of ether oxygens (including phenoxy) is 1. The number of pyridine rings is 1. The largest absolute Gasteiger partial charge is 0.381 e. The van der Waals surface area contributed by atoms with E-state index in [1.165, 1.54) is 5.56 Å². The molecule has 0 bridgehead atoms. The number of aromatic nitrogens is 1. The molecular weight excluding hydrogens is 152 g/mol. The van der Waals surface area contributed by atoms with Crippen LogP contribution < -0.4 is 5.32 Å². The summed E-state index contributed by atoms with van der Waals surface area (Å²) in [5.41, 5.74) is 3.31. The van der Waals surface area contributed by atoms with Gasteiger partial charge < -0.3 is 10.1 Å². The Labute approximate surface area is 71.8 Å². The Morgan fingerprint density at radius 3 is 3.42 bits per heavy atom. The van der Waals surface area contributed by atoms with Gasteiger partial charge in [0.05, 0.1) is 24.6 Å². The zero-order chi connectivity index (χ0) is 8.39. The second-order valence-corrected chi connectivity index (χ2v) is 2.99. The minimum atomic E-state index is 0.628. The van der Waals surface area contributed by atoms with Crippen LogP contribution in [-0.4, -0.2) is 18.1 Å². The number of hydrogen-bond acceptors (Lipinski definition) is 3. The van der Waals surface area contributed by atoms with Crippen LogP contribution in [0.4, 0.5) is 5.69 Å². The van der Waals surface area contributed by atoms with Gasteiger partial charge in [-0.3, -0.25) is 4.98 Å². The second-order valence-electron chi connectivity index (χ2n) is 2.99. The fraction of sp³-hybridized carbons (Fsp3) is 0.444. The molecule has 1 aromatic heterocycles.